The van der Waals surface area contributed by atoms with Gasteiger partial charge in [-0.05, 0) is 37.5 Å². The van der Waals surface area contributed by atoms with E-state index in [9.17, 15) is 9.59 Å². The van der Waals surface area contributed by atoms with Gasteiger partial charge in [-0.25, -0.2) is 0 Å². The first kappa shape index (κ1) is 19.6. The number of nitrogens with two attached hydrogens (primary N) is 1. The van der Waals surface area contributed by atoms with Crippen molar-refractivity contribution in [1.29, 1.82) is 0 Å². The summed E-state index contributed by atoms with van der Waals surface area (Å²) in [5.74, 6) is -0.199. The molecule has 0 saturated carbocycles. The van der Waals surface area contributed by atoms with E-state index in [1.165, 1.54) is 11.3 Å². The molecule has 0 bridgehead atoms. The van der Waals surface area contributed by atoms with E-state index >= 15 is 0 Å². The van der Waals surface area contributed by atoms with Crippen molar-refractivity contribution in [2.75, 3.05) is 13.1 Å². The number of piperidine rings is 1. The van der Waals surface area contributed by atoms with Gasteiger partial charge in [0.25, 0.3) is 5.91 Å². The summed E-state index contributed by atoms with van der Waals surface area (Å²) in [5, 5.41) is 3.09. The highest BCUT2D eigenvalue weighted by atomic mass is 32.1. The predicted octanol–water partition coefficient (Wildman–Crippen LogP) is 3.11. The van der Waals surface area contributed by atoms with Crippen LogP contribution < -0.4 is 11.1 Å². The zero-order valence-electron chi connectivity index (χ0n) is 15.9. The molecular weight excluding hydrogens is 358 g/mol. The van der Waals surface area contributed by atoms with E-state index in [-0.39, 0.29) is 29.8 Å². The molecule has 5 nitrogen and oxygen atoms in total. The predicted molar refractivity (Wildman–Crippen MR) is 109 cm³/mol. The van der Waals surface area contributed by atoms with Crippen LogP contribution in [0.3, 0.4) is 0 Å². The smallest absolute Gasteiger partial charge is 0.261 e. The van der Waals surface area contributed by atoms with Gasteiger partial charge in [-0.2, -0.15) is 0 Å². The second-order valence-corrected chi connectivity index (χ2v) is 8.50. The van der Waals surface area contributed by atoms with Gasteiger partial charge in [-0.3, -0.25) is 9.59 Å². The van der Waals surface area contributed by atoms with Crippen LogP contribution in [0, 0.1) is 12.8 Å². The summed E-state index contributed by atoms with van der Waals surface area (Å²) in [6.07, 6.45) is 1.55. The summed E-state index contributed by atoms with van der Waals surface area (Å²) < 4.78 is 0. The molecule has 2 unspecified atom stereocenters. The number of hydrogen-bond acceptors (Lipinski definition) is 4. The highest BCUT2D eigenvalue weighted by molar-refractivity contribution is 7.13. The molecular formula is C21H27N3O2S. The molecule has 3 rings (SSSR count). The quantitative estimate of drug-likeness (QED) is 0.830. The largest absolute Gasteiger partial charge is 0.348 e. The molecule has 2 aromatic rings. The van der Waals surface area contributed by atoms with E-state index < -0.39 is 0 Å². The first-order valence-corrected chi connectivity index (χ1v) is 10.2. The molecule has 144 valence electrons. The number of amides is 2. The van der Waals surface area contributed by atoms with Crippen LogP contribution in [0.15, 0.2) is 42.5 Å². The van der Waals surface area contributed by atoms with E-state index in [2.05, 4.69) is 5.32 Å². The van der Waals surface area contributed by atoms with Crippen molar-refractivity contribution in [1.82, 2.24) is 10.2 Å². The Morgan fingerprint density at radius 2 is 1.81 bits per heavy atom. The van der Waals surface area contributed by atoms with Crippen molar-refractivity contribution in [2.24, 2.45) is 11.7 Å². The van der Waals surface area contributed by atoms with Gasteiger partial charge >= 0.3 is 0 Å². The summed E-state index contributed by atoms with van der Waals surface area (Å²) in [4.78, 5) is 28.9. The van der Waals surface area contributed by atoms with Gasteiger partial charge in [0, 0.05) is 30.1 Å². The molecule has 0 spiro atoms. The minimum atomic E-state index is -0.307. The average Bonchev–Trinajstić information content (AvgIpc) is 3.14. The van der Waals surface area contributed by atoms with Crippen LogP contribution in [0.25, 0.3) is 0 Å². The first-order chi connectivity index (χ1) is 13.0. The van der Waals surface area contributed by atoms with E-state index in [1.807, 2.05) is 61.2 Å². The van der Waals surface area contributed by atoms with Crippen LogP contribution in [-0.2, 0) is 4.79 Å². The summed E-state index contributed by atoms with van der Waals surface area (Å²) in [5.41, 5.74) is 7.28. The Bertz CT molecular complexity index is 782. The lowest BCUT2D eigenvalue weighted by molar-refractivity contribution is -0.136. The maximum atomic E-state index is 12.8. The average molecular weight is 386 g/mol. The van der Waals surface area contributed by atoms with Gasteiger partial charge in [0.1, 0.15) is 0 Å². The number of thiophene rings is 1. The molecule has 0 aliphatic carbocycles. The lowest BCUT2D eigenvalue weighted by atomic mass is 9.93. The fourth-order valence-electron chi connectivity index (χ4n) is 3.46. The number of likely N-dealkylation sites (tertiary alicyclic amines) is 1. The summed E-state index contributed by atoms with van der Waals surface area (Å²) in [6, 6.07) is 13.4. The SMILES string of the molecule is Cc1ccc(C(=O)NC2CCN(C(=O)C(C)C(N)c3ccccc3)CC2)s1. The second kappa shape index (κ2) is 8.67. The molecule has 1 aromatic carbocycles. The topological polar surface area (TPSA) is 75.4 Å². The number of aryl methyl sites for hydroxylation is 1. The van der Waals surface area contributed by atoms with Gasteiger partial charge in [0.15, 0.2) is 0 Å². The normalized spacial score (nSPS) is 17.4. The number of rotatable bonds is 5. The summed E-state index contributed by atoms with van der Waals surface area (Å²) in [7, 11) is 0. The number of nitrogens with zero attached hydrogens (tertiary/aromatic N) is 1. The van der Waals surface area contributed by atoms with Gasteiger partial charge < -0.3 is 16.0 Å². The van der Waals surface area contributed by atoms with E-state index in [0.717, 1.165) is 28.2 Å². The van der Waals surface area contributed by atoms with Crippen molar-refractivity contribution in [3.05, 3.63) is 57.8 Å². The molecule has 1 aromatic heterocycles. The Morgan fingerprint density at radius 1 is 1.15 bits per heavy atom. The van der Waals surface area contributed by atoms with E-state index in [0.29, 0.717) is 13.1 Å². The highest BCUT2D eigenvalue weighted by Crippen LogP contribution is 2.23. The van der Waals surface area contributed by atoms with Crippen LogP contribution in [0.1, 0.15) is 45.9 Å². The van der Waals surface area contributed by atoms with Crippen molar-refractivity contribution in [3.8, 4) is 0 Å². The van der Waals surface area contributed by atoms with Gasteiger partial charge in [-0.15, -0.1) is 11.3 Å². The minimum Gasteiger partial charge on any atom is -0.348 e. The molecule has 1 aliphatic rings. The zero-order valence-corrected chi connectivity index (χ0v) is 16.7. The molecule has 2 heterocycles. The van der Waals surface area contributed by atoms with Crippen LogP contribution >= 0.6 is 11.3 Å². The highest BCUT2D eigenvalue weighted by Gasteiger charge is 2.30. The third kappa shape index (κ3) is 4.76. The fraction of sp³-hybridized carbons (Fsp3) is 0.429. The van der Waals surface area contributed by atoms with Gasteiger partial charge in [0.2, 0.25) is 5.91 Å². The Hall–Kier alpha value is -2.18. The number of carbonyl (C=O) groups is 2. The number of nitrogens with one attached hydrogen (secondary N) is 1. The molecule has 1 saturated heterocycles. The molecule has 0 radical (unpaired) electrons. The van der Waals surface area contributed by atoms with Crippen LogP contribution in [0.5, 0.6) is 0 Å². The third-order valence-electron chi connectivity index (χ3n) is 5.22. The first-order valence-electron chi connectivity index (χ1n) is 9.42. The Kier molecular flexibility index (Phi) is 6.29. The molecule has 2 amide bonds. The third-order valence-corrected chi connectivity index (χ3v) is 6.22. The Balaban J connectivity index is 1.51. The molecule has 1 fully saturated rings. The molecule has 2 atom stereocenters. The van der Waals surface area contributed by atoms with Crippen molar-refractivity contribution < 1.29 is 9.59 Å². The van der Waals surface area contributed by atoms with Crippen molar-refractivity contribution in [2.45, 2.75) is 38.8 Å². The monoisotopic (exact) mass is 385 g/mol. The fourth-order valence-corrected chi connectivity index (χ4v) is 4.23. The van der Waals surface area contributed by atoms with E-state index in [4.69, 9.17) is 5.73 Å². The van der Waals surface area contributed by atoms with Crippen LogP contribution in [0.4, 0.5) is 0 Å². The maximum Gasteiger partial charge on any atom is 0.261 e. The second-order valence-electron chi connectivity index (χ2n) is 7.21. The Morgan fingerprint density at radius 3 is 2.41 bits per heavy atom. The zero-order chi connectivity index (χ0) is 19.4. The van der Waals surface area contributed by atoms with Gasteiger partial charge in [0.05, 0.1) is 10.8 Å². The Labute approximate surface area is 164 Å². The lowest BCUT2D eigenvalue weighted by Crippen LogP contribution is -2.48. The molecule has 27 heavy (non-hydrogen) atoms. The maximum absolute atomic E-state index is 12.8. The number of benzene rings is 1. The number of hydrogen-bond donors (Lipinski definition) is 2. The minimum absolute atomic E-state index is 0.0163. The molecule has 1 aliphatic heterocycles. The van der Waals surface area contributed by atoms with Gasteiger partial charge in [-0.1, -0.05) is 37.3 Å². The standard InChI is InChI=1S/C21H27N3O2S/c1-14-8-9-18(27-14)20(25)23-17-10-12-24(13-11-17)21(26)15(2)19(22)16-6-4-3-5-7-16/h3-9,15,17,19H,10-13,22H2,1-2H3,(H,23,25). The lowest BCUT2D eigenvalue weighted by Gasteiger charge is -2.35. The van der Waals surface area contributed by atoms with Crippen LogP contribution in [0.2, 0.25) is 0 Å². The number of carbonyl (C=O) groups excluding carboxylic acids is 2. The molecule has 6 heteroatoms. The summed E-state index contributed by atoms with van der Waals surface area (Å²) >= 11 is 1.50. The summed E-state index contributed by atoms with van der Waals surface area (Å²) in [6.45, 7) is 5.19. The van der Waals surface area contributed by atoms with E-state index in [1.54, 1.807) is 0 Å². The molecule has 3 N–H and O–H groups in total. The van der Waals surface area contributed by atoms with Crippen molar-refractivity contribution in [3.63, 3.8) is 0 Å². The van der Waals surface area contributed by atoms with Crippen molar-refractivity contribution >= 4 is 23.2 Å². The van der Waals surface area contributed by atoms with Crippen LogP contribution in [-0.4, -0.2) is 35.8 Å².